The Hall–Kier alpha value is -1.32. The maximum atomic E-state index is 6.07. The van der Waals surface area contributed by atoms with E-state index in [1.165, 1.54) is 11.1 Å². The van der Waals surface area contributed by atoms with Gasteiger partial charge < -0.3 is 4.74 Å². The van der Waals surface area contributed by atoms with Crippen molar-refractivity contribution in [2.75, 3.05) is 0 Å². The van der Waals surface area contributed by atoms with Crippen LogP contribution in [0.25, 0.3) is 0 Å². The Morgan fingerprint density at radius 1 is 1.26 bits per heavy atom. The topological polar surface area (TPSA) is 21.3 Å². The maximum Gasteiger partial charge on any atom is 0.125 e. The first kappa shape index (κ1) is 12.7. The van der Waals surface area contributed by atoms with Crippen molar-refractivity contribution in [3.8, 4) is 5.75 Å². The maximum absolute atomic E-state index is 6.07. The fourth-order valence-electron chi connectivity index (χ4n) is 2.69. The second-order valence-corrected chi connectivity index (χ2v) is 6.40. The van der Waals surface area contributed by atoms with Gasteiger partial charge in [-0.25, -0.2) is 0 Å². The number of benzene rings is 1. The summed E-state index contributed by atoms with van der Waals surface area (Å²) in [4.78, 5) is 0. The highest BCUT2D eigenvalue weighted by atomic mass is 32.1. The molecule has 19 heavy (non-hydrogen) atoms. The summed E-state index contributed by atoms with van der Waals surface area (Å²) < 4.78 is 6.07. The van der Waals surface area contributed by atoms with Crippen LogP contribution in [0.2, 0.25) is 0 Å². The highest BCUT2D eigenvalue weighted by Crippen LogP contribution is 2.43. The molecule has 1 N–H and O–H groups in total. The van der Waals surface area contributed by atoms with E-state index in [0.717, 1.165) is 5.75 Å². The van der Waals surface area contributed by atoms with Crippen LogP contribution in [-0.4, -0.2) is 5.60 Å². The van der Waals surface area contributed by atoms with Gasteiger partial charge in [0.2, 0.25) is 0 Å². The van der Waals surface area contributed by atoms with E-state index in [1.807, 2.05) is 12.1 Å². The van der Waals surface area contributed by atoms with Gasteiger partial charge in [-0.15, -0.1) is 0 Å². The molecule has 2 unspecified atom stereocenters. The minimum Gasteiger partial charge on any atom is -0.486 e. The molecule has 3 heteroatoms. The summed E-state index contributed by atoms with van der Waals surface area (Å²) in [5.41, 5.74) is 2.38. The zero-order valence-electron chi connectivity index (χ0n) is 11.5. The average Bonchev–Trinajstić information content (AvgIpc) is 2.96. The van der Waals surface area contributed by atoms with Crippen molar-refractivity contribution in [2.45, 2.75) is 38.5 Å². The van der Waals surface area contributed by atoms with Crippen molar-refractivity contribution in [1.82, 2.24) is 5.32 Å². The van der Waals surface area contributed by atoms with Gasteiger partial charge in [-0.2, -0.15) is 11.3 Å². The molecule has 2 nitrogen and oxygen atoms in total. The molecule has 0 bridgehead atoms. The summed E-state index contributed by atoms with van der Waals surface area (Å²) in [6.07, 6.45) is 0. The number of nitrogens with one attached hydrogen (secondary N) is 1. The SMILES string of the molecule is CC(NC1c2ccccc2OC1(C)C)c1ccsc1. The summed E-state index contributed by atoms with van der Waals surface area (Å²) in [7, 11) is 0. The molecule has 0 spiro atoms. The van der Waals surface area contributed by atoms with Gasteiger partial charge in [0.1, 0.15) is 11.4 Å². The Kier molecular flexibility index (Phi) is 3.11. The molecule has 0 saturated carbocycles. The quantitative estimate of drug-likeness (QED) is 0.899. The number of thiophene rings is 1. The number of fused-ring (bicyclic) bond motifs is 1. The molecule has 0 fully saturated rings. The summed E-state index contributed by atoms with van der Waals surface area (Å²) in [5.74, 6) is 1.00. The van der Waals surface area contributed by atoms with Crippen molar-refractivity contribution in [3.63, 3.8) is 0 Å². The molecule has 100 valence electrons. The Bertz CT molecular complexity index is 562. The summed E-state index contributed by atoms with van der Waals surface area (Å²) in [6.45, 7) is 6.50. The Morgan fingerprint density at radius 3 is 2.79 bits per heavy atom. The Labute approximate surface area is 118 Å². The van der Waals surface area contributed by atoms with Gasteiger partial charge in [0.15, 0.2) is 0 Å². The number of hydrogen-bond donors (Lipinski definition) is 1. The van der Waals surface area contributed by atoms with E-state index in [0.29, 0.717) is 6.04 Å². The predicted octanol–water partition coefficient (Wildman–Crippen LogP) is 4.31. The molecule has 0 amide bonds. The van der Waals surface area contributed by atoms with E-state index in [2.05, 4.69) is 55.0 Å². The van der Waals surface area contributed by atoms with Crippen LogP contribution in [0.3, 0.4) is 0 Å². The lowest BCUT2D eigenvalue weighted by molar-refractivity contribution is 0.0919. The number of para-hydroxylation sites is 1. The second kappa shape index (κ2) is 4.66. The third-order valence-corrected chi connectivity index (χ3v) is 4.46. The first-order chi connectivity index (χ1) is 9.08. The second-order valence-electron chi connectivity index (χ2n) is 5.62. The lowest BCUT2D eigenvalue weighted by atomic mass is 9.93. The van der Waals surface area contributed by atoms with Gasteiger partial charge in [0.05, 0.1) is 6.04 Å². The van der Waals surface area contributed by atoms with Crippen LogP contribution < -0.4 is 10.1 Å². The van der Waals surface area contributed by atoms with Crippen LogP contribution in [-0.2, 0) is 0 Å². The van der Waals surface area contributed by atoms with Gasteiger partial charge in [-0.05, 0) is 49.2 Å². The van der Waals surface area contributed by atoms with Crippen LogP contribution in [0, 0.1) is 0 Å². The molecule has 2 heterocycles. The van der Waals surface area contributed by atoms with E-state index < -0.39 is 0 Å². The smallest absolute Gasteiger partial charge is 0.125 e. The van der Waals surface area contributed by atoms with Crippen LogP contribution >= 0.6 is 11.3 Å². The first-order valence-corrected chi connectivity index (χ1v) is 7.58. The average molecular weight is 273 g/mol. The molecule has 2 aromatic rings. The molecule has 0 saturated heterocycles. The Balaban J connectivity index is 1.87. The fraction of sp³-hybridized carbons (Fsp3) is 0.375. The van der Waals surface area contributed by atoms with E-state index in [1.54, 1.807) is 11.3 Å². The zero-order chi connectivity index (χ0) is 13.5. The lowest BCUT2D eigenvalue weighted by Crippen LogP contribution is -2.40. The van der Waals surface area contributed by atoms with E-state index in [9.17, 15) is 0 Å². The van der Waals surface area contributed by atoms with E-state index in [4.69, 9.17) is 4.74 Å². The van der Waals surface area contributed by atoms with Gasteiger partial charge in [0.25, 0.3) is 0 Å². The van der Waals surface area contributed by atoms with Crippen LogP contribution in [0.4, 0.5) is 0 Å². The standard InChI is InChI=1S/C16H19NOS/c1-11(12-8-9-19-10-12)17-15-13-6-4-5-7-14(13)18-16(15,2)3/h4-11,15,17H,1-3H3. The zero-order valence-corrected chi connectivity index (χ0v) is 12.3. The van der Waals surface area contributed by atoms with Gasteiger partial charge in [-0.3, -0.25) is 5.32 Å². The predicted molar refractivity (Wildman–Crippen MR) is 79.8 cm³/mol. The molecule has 1 aromatic carbocycles. The molecule has 0 radical (unpaired) electrons. The van der Waals surface area contributed by atoms with Crippen molar-refractivity contribution < 1.29 is 4.74 Å². The van der Waals surface area contributed by atoms with Crippen LogP contribution in [0.5, 0.6) is 5.75 Å². The third kappa shape index (κ3) is 2.28. The Morgan fingerprint density at radius 2 is 2.05 bits per heavy atom. The van der Waals surface area contributed by atoms with Crippen LogP contribution in [0.1, 0.15) is 44.0 Å². The molecule has 0 aliphatic carbocycles. The van der Waals surface area contributed by atoms with Crippen molar-refractivity contribution in [3.05, 3.63) is 52.2 Å². The molecule has 1 aliphatic heterocycles. The molecule has 3 rings (SSSR count). The van der Waals surface area contributed by atoms with Crippen molar-refractivity contribution in [2.24, 2.45) is 0 Å². The van der Waals surface area contributed by atoms with Crippen molar-refractivity contribution in [1.29, 1.82) is 0 Å². The van der Waals surface area contributed by atoms with Gasteiger partial charge >= 0.3 is 0 Å². The molecule has 2 atom stereocenters. The first-order valence-electron chi connectivity index (χ1n) is 6.64. The van der Waals surface area contributed by atoms with E-state index in [-0.39, 0.29) is 11.6 Å². The lowest BCUT2D eigenvalue weighted by Gasteiger charge is -2.29. The minimum absolute atomic E-state index is 0.214. The minimum atomic E-state index is -0.214. The summed E-state index contributed by atoms with van der Waals surface area (Å²) >= 11 is 1.74. The van der Waals surface area contributed by atoms with Crippen LogP contribution in [0.15, 0.2) is 41.1 Å². The van der Waals surface area contributed by atoms with Gasteiger partial charge in [0, 0.05) is 11.6 Å². The molecule has 1 aliphatic rings. The van der Waals surface area contributed by atoms with Crippen molar-refractivity contribution >= 4 is 11.3 Å². The number of hydrogen-bond acceptors (Lipinski definition) is 3. The monoisotopic (exact) mass is 273 g/mol. The fourth-order valence-corrected chi connectivity index (χ4v) is 3.44. The summed E-state index contributed by atoms with van der Waals surface area (Å²) in [5, 5.41) is 8.03. The normalized spacial score (nSPS) is 21.7. The molecular weight excluding hydrogens is 254 g/mol. The highest BCUT2D eigenvalue weighted by Gasteiger charge is 2.41. The van der Waals surface area contributed by atoms with Gasteiger partial charge in [-0.1, -0.05) is 18.2 Å². The summed E-state index contributed by atoms with van der Waals surface area (Å²) in [6, 6.07) is 11.0. The highest BCUT2D eigenvalue weighted by molar-refractivity contribution is 7.07. The molecule has 1 aromatic heterocycles. The largest absolute Gasteiger partial charge is 0.486 e. The number of rotatable bonds is 3. The van der Waals surface area contributed by atoms with E-state index >= 15 is 0 Å². The number of ether oxygens (including phenoxy) is 1. The third-order valence-electron chi connectivity index (χ3n) is 3.76. The molecular formula is C16H19NOS.